The van der Waals surface area contributed by atoms with E-state index in [1.54, 1.807) is 0 Å². The second-order valence-electron chi connectivity index (χ2n) is 16.2. The maximum absolute atomic E-state index is 7.53. The molecule has 0 fully saturated rings. The predicted octanol–water partition coefficient (Wildman–Crippen LogP) is 15.5. The molecule has 0 radical (unpaired) electrons. The summed E-state index contributed by atoms with van der Waals surface area (Å²) < 4.78 is 15.0. The van der Waals surface area contributed by atoms with E-state index in [9.17, 15) is 0 Å². The van der Waals surface area contributed by atoms with Crippen molar-refractivity contribution in [3.63, 3.8) is 0 Å². The highest BCUT2D eigenvalue weighted by molar-refractivity contribution is 7.25. The zero-order chi connectivity index (χ0) is 40.5. The maximum Gasteiger partial charge on any atom is 0.160 e. The maximum atomic E-state index is 7.53. The van der Waals surface area contributed by atoms with Gasteiger partial charge in [0.1, 0.15) is 0 Å². The summed E-state index contributed by atoms with van der Waals surface area (Å²) in [4.78, 5) is 5.28. The number of aromatic nitrogens is 2. The number of rotatable bonds is 5. The van der Waals surface area contributed by atoms with Crippen LogP contribution in [0.4, 0.5) is 0 Å². The largest absolute Gasteiger partial charge is 0.452 e. The third-order valence-electron chi connectivity index (χ3n) is 12.9. The zero-order valence-corrected chi connectivity index (χ0v) is 34.0. The van der Waals surface area contributed by atoms with Crippen molar-refractivity contribution in [3.05, 3.63) is 217 Å². The van der Waals surface area contributed by atoms with Crippen LogP contribution in [0.1, 0.15) is 16.7 Å². The van der Waals surface area contributed by atoms with E-state index in [4.69, 9.17) is 9.41 Å². The van der Waals surface area contributed by atoms with E-state index in [0.717, 1.165) is 89.1 Å². The number of para-hydroxylation sites is 4. The van der Waals surface area contributed by atoms with Crippen molar-refractivity contribution in [2.24, 2.45) is 4.99 Å². The minimum Gasteiger partial charge on any atom is -0.452 e. The fraction of sp³-hybridized carbons (Fsp3) is 0. The van der Waals surface area contributed by atoms with Crippen LogP contribution in [0.25, 0.3) is 108 Å². The highest BCUT2D eigenvalue weighted by Crippen LogP contribution is 2.48. The Kier molecular flexibility index (Phi) is 6.96. The van der Waals surface area contributed by atoms with Crippen LogP contribution in [0.15, 0.2) is 210 Å². The second kappa shape index (κ2) is 12.8. The van der Waals surface area contributed by atoms with Crippen molar-refractivity contribution < 1.29 is 4.42 Å². The van der Waals surface area contributed by atoms with E-state index < -0.39 is 0 Å². The molecule has 0 spiro atoms. The normalized spacial score (nSPS) is 13.2. The molecular formula is C57H33N3OS. The molecule has 0 unspecified atom stereocenters. The monoisotopic (exact) mass is 807 g/mol. The van der Waals surface area contributed by atoms with Gasteiger partial charge in [-0.2, -0.15) is 0 Å². The molecule has 5 heteroatoms. The number of hydrogen-bond acceptors (Lipinski definition) is 3. The molecule has 0 saturated heterocycles. The Morgan fingerprint density at radius 2 is 0.968 bits per heavy atom. The average Bonchev–Trinajstić information content (AvgIpc) is 4.06. The quantitative estimate of drug-likeness (QED) is 0.171. The summed E-state index contributed by atoms with van der Waals surface area (Å²) >= 11 is 1.86. The van der Waals surface area contributed by atoms with Gasteiger partial charge in [-0.1, -0.05) is 152 Å². The Balaban J connectivity index is 1.11. The lowest BCUT2D eigenvalue weighted by atomic mass is 9.86. The van der Waals surface area contributed by atoms with Gasteiger partial charge in [-0.05, 0) is 48.5 Å². The molecule has 0 amide bonds. The molecule has 0 N–H and O–H groups in total. The zero-order valence-electron chi connectivity index (χ0n) is 33.2. The number of benzene rings is 9. The summed E-state index contributed by atoms with van der Waals surface area (Å²) in [6, 6.07) is 72.1. The molecule has 0 aliphatic carbocycles. The van der Waals surface area contributed by atoms with Gasteiger partial charge < -0.3 is 13.6 Å². The first-order valence-electron chi connectivity index (χ1n) is 21.0. The second-order valence-corrected chi connectivity index (χ2v) is 17.3. The number of nitrogens with zero attached hydrogens (tertiary/aromatic N) is 3. The highest BCUT2D eigenvalue weighted by atomic mass is 32.1. The summed E-state index contributed by atoms with van der Waals surface area (Å²) in [5.41, 5.74) is 14.6. The van der Waals surface area contributed by atoms with Gasteiger partial charge in [-0.25, -0.2) is 4.99 Å². The molecule has 0 bridgehead atoms. The van der Waals surface area contributed by atoms with Gasteiger partial charge in [0.25, 0.3) is 0 Å². The van der Waals surface area contributed by atoms with Crippen molar-refractivity contribution in [2.75, 3.05) is 0 Å². The van der Waals surface area contributed by atoms with Crippen molar-refractivity contribution in [1.29, 1.82) is 0 Å². The van der Waals surface area contributed by atoms with Gasteiger partial charge in [0.05, 0.1) is 44.9 Å². The Hall–Kier alpha value is -7.99. The van der Waals surface area contributed by atoms with Crippen LogP contribution < -0.4 is 0 Å². The predicted molar refractivity (Wildman–Crippen MR) is 262 cm³/mol. The average molecular weight is 808 g/mol. The molecule has 4 nitrogen and oxygen atoms in total. The molecule has 5 heterocycles. The molecule has 1 aliphatic heterocycles. The Labute approximate surface area is 359 Å². The molecule has 9 aromatic carbocycles. The minimum atomic E-state index is 0.836. The Bertz CT molecular complexity index is 4030. The third-order valence-corrected chi connectivity index (χ3v) is 14.0. The van der Waals surface area contributed by atoms with Gasteiger partial charge in [0.15, 0.2) is 11.2 Å². The summed E-state index contributed by atoms with van der Waals surface area (Å²) in [6.45, 7) is 0. The van der Waals surface area contributed by atoms with Crippen molar-refractivity contribution in [1.82, 2.24) is 9.13 Å². The van der Waals surface area contributed by atoms with Crippen molar-refractivity contribution in [2.45, 2.75) is 0 Å². The van der Waals surface area contributed by atoms with Gasteiger partial charge in [-0.3, -0.25) is 0 Å². The standard InChI is InChI=1S/C57H33N3OS/c1-3-16-34(17-4-1)53-52(54(58-53)35-18-5-2-6-19-35)42-31-30-41-40-24-15-28-48(56(40)61-57(41)55(42)60-46-26-12-7-20-36(46)37-21-8-13-27-47(37)60)59-45-25-11-9-22-38(45)43-32-44-39-23-10-14-29-50(39)62-51(44)33-49(43)59/h1-33H. The fourth-order valence-electron chi connectivity index (χ4n) is 10.2. The Morgan fingerprint density at radius 1 is 0.387 bits per heavy atom. The topological polar surface area (TPSA) is 35.4 Å². The van der Waals surface area contributed by atoms with Crippen LogP contribution in [-0.4, -0.2) is 14.8 Å². The molecule has 1 aliphatic rings. The van der Waals surface area contributed by atoms with Crippen molar-refractivity contribution in [3.8, 4) is 11.4 Å². The van der Waals surface area contributed by atoms with Crippen LogP contribution in [0.2, 0.25) is 0 Å². The lowest BCUT2D eigenvalue weighted by molar-refractivity contribution is 0.663. The SMILES string of the molecule is c1ccc(C2=NC(c3ccccc3)=C2c2ccc3c(oc4c(-n5c6ccccc6c6cc7c(cc65)sc5ccccc57)cccc43)c2-n2c3ccccc3c3ccccc32)cc1. The van der Waals surface area contributed by atoms with Crippen molar-refractivity contribution >= 4 is 114 Å². The first kappa shape index (κ1) is 33.8. The van der Waals surface area contributed by atoms with Crippen LogP contribution in [0, 0.1) is 0 Å². The van der Waals surface area contributed by atoms with Gasteiger partial charge >= 0.3 is 0 Å². The molecular weight excluding hydrogens is 775 g/mol. The van der Waals surface area contributed by atoms with Gasteiger partial charge in [0, 0.05) is 74.8 Å². The first-order valence-corrected chi connectivity index (χ1v) is 21.9. The van der Waals surface area contributed by atoms with Crippen LogP contribution in [0.3, 0.4) is 0 Å². The number of furan rings is 1. The van der Waals surface area contributed by atoms with E-state index in [1.807, 2.05) is 11.3 Å². The summed E-state index contributed by atoms with van der Waals surface area (Å²) in [6.07, 6.45) is 0. The molecule has 0 atom stereocenters. The van der Waals surface area contributed by atoms with Crippen LogP contribution in [-0.2, 0) is 0 Å². The van der Waals surface area contributed by atoms with Crippen LogP contribution >= 0.6 is 11.3 Å². The number of allylic oxidation sites excluding steroid dienone is 1. The smallest absolute Gasteiger partial charge is 0.160 e. The molecule has 62 heavy (non-hydrogen) atoms. The fourth-order valence-corrected chi connectivity index (χ4v) is 11.3. The molecule has 4 aromatic heterocycles. The van der Waals surface area contributed by atoms with E-state index in [-0.39, 0.29) is 0 Å². The van der Waals surface area contributed by atoms with E-state index in [2.05, 4.69) is 209 Å². The summed E-state index contributed by atoms with van der Waals surface area (Å²) in [7, 11) is 0. The lowest BCUT2D eigenvalue weighted by Gasteiger charge is -2.26. The Morgan fingerprint density at radius 3 is 1.69 bits per heavy atom. The highest BCUT2D eigenvalue weighted by Gasteiger charge is 2.32. The van der Waals surface area contributed by atoms with E-state index >= 15 is 0 Å². The summed E-state index contributed by atoms with van der Waals surface area (Å²) in [5.74, 6) is 0. The van der Waals surface area contributed by atoms with E-state index in [1.165, 1.54) is 41.7 Å². The summed E-state index contributed by atoms with van der Waals surface area (Å²) in [5, 5.41) is 9.58. The van der Waals surface area contributed by atoms with Gasteiger partial charge in [-0.15, -0.1) is 11.3 Å². The minimum absolute atomic E-state index is 0.836. The first-order chi connectivity index (χ1) is 30.8. The molecule has 13 aromatic rings. The number of hydrogen-bond donors (Lipinski definition) is 0. The van der Waals surface area contributed by atoms with E-state index in [0.29, 0.717) is 0 Å². The van der Waals surface area contributed by atoms with Gasteiger partial charge in [0.2, 0.25) is 0 Å². The molecule has 288 valence electrons. The third kappa shape index (κ3) is 4.63. The molecule has 14 rings (SSSR count). The number of fused-ring (bicyclic) bond motifs is 12. The molecule has 0 saturated carbocycles. The number of thiophene rings is 1. The number of aliphatic imine (C=N–C) groups is 1. The van der Waals surface area contributed by atoms with Crippen LogP contribution in [0.5, 0.6) is 0 Å². The lowest BCUT2D eigenvalue weighted by Crippen LogP contribution is -2.17.